The van der Waals surface area contributed by atoms with Crippen LogP contribution in [0.5, 0.6) is 0 Å². The predicted molar refractivity (Wildman–Crippen MR) is 475 cm³/mol. The van der Waals surface area contributed by atoms with Crippen molar-refractivity contribution in [3.8, 4) is 0 Å². The van der Waals surface area contributed by atoms with Gasteiger partial charge < -0.3 is 112 Å². The van der Waals surface area contributed by atoms with Crippen molar-refractivity contribution in [1.29, 1.82) is 0 Å². The minimum Gasteiger partial charge on any atom is -0.550 e. The van der Waals surface area contributed by atoms with Crippen LogP contribution in [0.25, 0.3) is 0 Å². The monoisotopic (exact) mass is 2190 g/mol. The molecule has 0 bridgehead atoms. The maximum atomic E-state index is 10.7. The molecule has 22 nitrogen and oxygen atoms in total. The molecule has 0 spiro atoms. The molecule has 2 radical (unpaired) electrons. The summed E-state index contributed by atoms with van der Waals surface area (Å²) in [5.74, 6) is -6.84. The number of hydrogen-bond acceptors (Lipinski definition) is 20. The Hall–Kier alpha value is -7.87. The molecule has 0 heterocycles. The molecule has 0 atom stereocenters. The number of aliphatic hydroxyl groups is 2. The van der Waals surface area contributed by atoms with Crippen LogP contribution in [0.15, 0.2) is 255 Å². The molecule has 14 N–H and O–H groups in total. The number of aliphatic hydroxyl groups excluding tert-OH is 2. The van der Waals surface area contributed by atoms with Crippen molar-refractivity contribution < 1.29 is 157 Å². The molecule has 12 aromatic carbocycles. The Balaban J connectivity index is 0.000000721. The number of benzene rings is 12. The van der Waals surface area contributed by atoms with E-state index in [0.717, 1.165) is 14.2 Å². The summed E-state index contributed by atoms with van der Waals surface area (Å²) < 4.78 is 0. The fourth-order valence-corrected chi connectivity index (χ4v) is 13.2. The number of rotatable bonds is 24. The maximum Gasteiger partial charge on any atom is 3.00 e. The number of nitrogens with one attached hydrogen (secondary N) is 6. The summed E-state index contributed by atoms with van der Waals surface area (Å²) in [6.45, 7) is 0. The Morgan fingerprint density at radius 2 is 0.303 bits per heavy atom. The van der Waals surface area contributed by atoms with Crippen molar-refractivity contribution >= 4 is 243 Å². The van der Waals surface area contributed by atoms with Gasteiger partial charge in [0.2, 0.25) is 0 Å². The second kappa shape index (κ2) is 59.9. The van der Waals surface area contributed by atoms with Gasteiger partial charge in [-0.05, 0) is 143 Å². The van der Waals surface area contributed by atoms with Gasteiger partial charge in [-0.1, -0.05) is 285 Å². The normalized spacial score (nSPS) is 9.64. The zero-order valence-corrected chi connectivity index (χ0v) is 76.7. The second-order valence-electron chi connectivity index (χ2n) is 23.6. The molecule has 122 heavy (non-hydrogen) atoms. The summed E-state index contributed by atoms with van der Waals surface area (Å²) in [7, 11) is 2.00. The molecule has 12 rings (SSSR count). The Morgan fingerprint density at radius 3 is 0.402 bits per heavy atom. The fourth-order valence-electron chi connectivity index (χ4n) is 10.2. The molecule has 0 aliphatic rings. The van der Waals surface area contributed by atoms with Crippen molar-refractivity contribution in [3.63, 3.8) is 0 Å². The van der Waals surface area contributed by atoms with Crippen LogP contribution in [0, 0.1) is 76.3 Å². The van der Waals surface area contributed by atoms with Gasteiger partial charge in [-0.15, -0.1) is 0 Å². The molecule has 0 aliphatic carbocycles. The van der Waals surface area contributed by atoms with Crippen LogP contribution < -0.4 is 62.5 Å². The number of halogens is 12. The summed E-state index contributed by atoms with van der Waals surface area (Å²) in [5.41, 5.74) is 10.8. The Bertz CT molecular complexity index is 4440. The van der Waals surface area contributed by atoms with Crippen molar-refractivity contribution in [1.82, 2.24) is 0 Å². The maximum absolute atomic E-state index is 10.7. The van der Waals surface area contributed by atoms with E-state index in [9.17, 15) is 59.4 Å². The largest absolute Gasteiger partial charge is 3.00 e. The van der Waals surface area contributed by atoms with Crippen LogP contribution in [-0.2, 0) is 78.2 Å². The van der Waals surface area contributed by atoms with Gasteiger partial charge in [0.1, 0.15) is 0 Å². The van der Waals surface area contributed by atoms with Gasteiger partial charge in [-0.3, -0.25) is 0 Å². The predicted octanol–water partition coefficient (Wildman–Crippen LogP) is 15.5. The number of hydrogen-bond donors (Lipinski definition) is 8. The Labute approximate surface area is 823 Å². The van der Waals surface area contributed by atoms with E-state index in [1.807, 2.05) is 0 Å². The molecule has 0 amide bonds. The standard InChI is InChI=1S/6C14H11Cl2NO2.2CH4O.2Dy.2H2O/c6*15-10-5-3-6-11(16)14(10)17-12-7-2-1-4-9(12)8-13(18)19;2*1-2;;;;/h6*1-7,17H,8H2,(H,18,19);2*2H,1H3;;;2*1H2/q;;;;;;;;2*+3;;/p-4. The van der Waals surface area contributed by atoms with Gasteiger partial charge in [-0.25, -0.2) is 0 Å². The van der Waals surface area contributed by atoms with Crippen molar-refractivity contribution in [2.24, 2.45) is 0 Å². The van der Waals surface area contributed by atoms with Gasteiger partial charge in [0, 0.05) is 123 Å². The van der Waals surface area contributed by atoms with Crippen LogP contribution in [-0.4, -0.2) is 60.2 Å². The number of anilines is 12. The molecule has 0 fully saturated rings. The Kier molecular flexibility index (Phi) is 55.0. The van der Waals surface area contributed by atoms with Gasteiger partial charge >= 0.3 is 76.3 Å². The number of carbonyl (C=O) groups excluding carboxylic acids is 6. The van der Waals surface area contributed by atoms with E-state index >= 15 is 0 Å². The van der Waals surface area contributed by atoms with Crippen molar-refractivity contribution in [3.05, 3.63) is 348 Å². The smallest absolute Gasteiger partial charge is 0.550 e. The van der Waals surface area contributed by atoms with Gasteiger partial charge in [0.25, 0.3) is 0 Å². The SMILES string of the molecule is CO.CO.O=C([O-])Cc1ccccc1Nc1c(Cl)cccc1Cl.O=C([O-])Cc1ccccc1Nc1c(Cl)cccc1Cl.O=C([O-])Cc1ccccc1Nc1c(Cl)cccc1Cl.O=C([O-])Cc1ccccc1Nc1c(Cl)cccc1Cl.O=C([O-])Cc1ccccc1Nc1c(Cl)cccc1Cl.O=C([O-])Cc1ccccc1Nc1c(Cl)cccc1Cl.[Dy+3].[Dy+3].[OH3+].[OH3+]. The fraction of sp³-hybridized carbons (Fsp3) is 0.0930. The first-order valence-electron chi connectivity index (χ1n) is 34.3. The summed E-state index contributed by atoms with van der Waals surface area (Å²) in [6, 6.07) is 73.1. The molecule has 12 aromatic rings. The van der Waals surface area contributed by atoms with Crippen molar-refractivity contribution in [2.45, 2.75) is 38.5 Å². The van der Waals surface area contributed by atoms with Gasteiger partial charge in [0.05, 0.1) is 94.4 Å². The van der Waals surface area contributed by atoms with E-state index in [1.54, 1.807) is 255 Å². The molecular weight excluding hydrogens is 2120 g/mol. The van der Waals surface area contributed by atoms with E-state index in [1.165, 1.54) is 0 Å². The summed E-state index contributed by atoms with van der Waals surface area (Å²) in [4.78, 5) is 64.3. The molecule has 36 heteroatoms. The third-order valence-electron chi connectivity index (χ3n) is 15.4. The summed E-state index contributed by atoms with van der Waals surface area (Å²) in [5, 5.41) is 102. The molecule has 0 aliphatic heterocycles. The van der Waals surface area contributed by atoms with Gasteiger partial charge in [0.15, 0.2) is 0 Å². The first kappa shape index (κ1) is 112. The molecule has 0 saturated carbocycles. The number of aliphatic carboxylic acids is 6. The number of carboxylic acid groups (broad SMARTS) is 6. The van der Waals surface area contributed by atoms with E-state index in [0.29, 0.717) is 162 Å². The van der Waals surface area contributed by atoms with Crippen LogP contribution in [0.1, 0.15) is 33.4 Å². The number of carbonyl (C=O) groups is 6. The zero-order valence-electron chi connectivity index (χ0n) is 63.6. The molecule has 0 saturated heterocycles. The van der Waals surface area contributed by atoms with Crippen LogP contribution in [0.4, 0.5) is 68.2 Å². The first-order valence-corrected chi connectivity index (χ1v) is 38.8. The average Bonchev–Trinajstić information content (AvgIpc) is 0.861. The van der Waals surface area contributed by atoms with E-state index in [4.69, 9.17) is 149 Å². The third-order valence-corrected chi connectivity index (χ3v) is 19.2. The topological polar surface area (TPSA) is 419 Å². The zero-order chi connectivity index (χ0) is 87.0. The minimum atomic E-state index is -1.14. The first-order chi connectivity index (χ1) is 56.5. The van der Waals surface area contributed by atoms with Crippen LogP contribution in [0.3, 0.4) is 0 Å². The van der Waals surface area contributed by atoms with Crippen molar-refractivity contribution in [2.75, 3.05) is 46.1 Å². The van der Waals surface area contributed by atoms with Crippen LogP contribution >= 0.6 is 139 Å². The second-order valence-corrected chi connectivity index (χ2v) is 28.5. The average molecular weight is 2200 g/mol. The molecule has 646 valence electrons. The molecule has 0 unspecified atom stereocenters. The van der Waals surface area contributed by atoms with E-state index in [-0.39, 0.29) is 126 Å². The van der Waals surface area contributed by atoms with E-state index < -0.39 is 35.8 Å². The Morgan fingerprint density at radius 1 is 0.205 bits per heavy atom. The third kappa shape index (κ3) is 38.3. The number of para-hydroxylation sites is 12. The van der Waals surface area contributed by atoms with Crippen LogP contribution in [0.2, 0.25) is 60.3 Å². The number of carboxylic acids is 6. The van der Waals surface area contributed by atoms with E-state index in [2.05, 4.69) is 31.9 Å². The molecular formula is C86H74Cl12Dy2N6O16+2. The summed E-state index contributed by atoms with van der Waals surface area (Å²) >= 11 is 72.7. The summed E-state index contributed by atoms with van der Waals surface area (Å²) in [6.07, 6.45) is -1.05. The quantitative estimate of drug-likeness (QED) is 0.0260. The molecule has 0 aromatic heterocycles. The minimum absolute atomic E-state index is 0. The van der Waals surface area contributed by atoms with Gasteiger partial charge in [-0.2, -0.15) is 0 Å².